The number of carboxylic acids is 1. The highest BCUT2D eigenvalue weighted by Gasteiger charge is 2.12. The van der Waals surface area contributed by atoms with Crippen LogP contribution in [-0.2, 0) is 4.79 Å². The average molecular weight is 146 g/mol. The molecular formula is C7H14O3. The van der Waals surface area contributed by atoms with Gasteiger partial charge in [-0.05, 0) is 18.8 Å². The van der Waals surface area contributed by atoms with E-state index in [9.17, 15) is 4.79 Å². The third-order valence-electron chi connectivity index (χ3n) is 1.30. The molecule has 0 rings (SSSR count). The fourth-order valence-electron chi connectivity index (χ4n) is 0.615. The van der Waals surface area contributed by atoms with Gasteiger partial charge in [0.2, 0.25) is 0 Å². The smallest absolute Gasteiger partial charge is 0.332 e. The van der Waals surface area contributed by atoms with Gasteiger partial charge in [-0.1, -0.05) is 13.8 Å². The molecule has 1 unspecified atom stereocenters. The molecule has 3 nitrogen and oxygen atoms in total. The minimum Gasteiger partial charge on any atom is -0.479 e. The van der Waals surface area contributed by atoms with Crippen molar-refractivity contribution in [3.63, 3.8) is 0 Å². The molecule has 1 atom stereocenters. The van der Waals surface area contributed by atoms with Crippen molar-refractivity contribution in [1.29, 1.82) is 0 Å². The number of carbonyl (C=O) groups is 1. The molecule has 0 amide bonds. The van der Waals surface area contributed by atoms with Crippen molar-refractivity contribution < 1.29 is 15.0 Å². The van der Waals surface area contributed by atoms with Crippen LogP contribution in [-0.4, -0.2) is 22.3 Å². The topological polar surface area (TPSA) is 57.5 Å². The van der Waals surface area contributed by atoms with Crippen LogP contribution in [0.15, 0.2) is 0 Å². The summed E-state index contributed by atoms with van der Waals surface area (Å²) >= 11 is 0. The molecule has 0 aromatic rings. The summed E-state index contributed by atoms with van der Waals surface area (Å²) in [6, 6.07) is 0. The van der Waals surface area contributed by atoms with Crippen LogP contribution in [0.5, 0.6) is 0 Å². The van der Waals surface area contributed by atoms with Crippen molar-refractivity contribution in [3.8, 4) is 0 Å². The van der Waals surface area contributed by atoms with Gasteiger partial charge in [-0.15, -0.1) is 0 Å². The Morgan fingerprint density at radius 1 is 1.40 bits per heavy atom. The van der Waals surface area contributed by atoms with Crippen molar-refractivity contribution >= 4 is 5.97 Å². The van der Waals surface area contributed by atoms with E-state index in [1.165, 1.54) is 0 Å². The summed E-state index contributed by atoms with van der Waals surface area (Å²) in [5.41, 5.74) is 0. The SMILES string of the molecule is CC(C)CCC(O)C(=O)O. The summed E-state index contributed by atoms with van der Waals surface area (Å²) in [6.07, 6.45) is -0.0668. The summed E-state index contributed by atoms with van der Waals surface area (Å²) in [6.45, 7) is 3.99. The number of hydrogen-bond acceptors (Lipinski definition) is 2. The highest BCUT2D eigenvalue weighted by atomic mass is 16.4. The molecule has 10 heavy (non-hydrogen) atoms. The Bertz CT molecular complexity index is 109. The maximum absolute atomic E-state index is 10.1. The second kappa shape index (κ2) is 4.28. The van der Waals surface area contributed by atoms with Gasteiger partial charge in [0, 0.05) is 0 Å². The molecule has 0 saturated carbocycles. The first-order chi connectivity index (χ1) is 4.54. The third-order valence-corrected chi connectivity index (χ3v) is 1.30. The van der Waals surface area contributed by atoms with Crippen LogP contribution in [0, 0.1) is 5.92 Å². The van der Waals surface area contributed by atoms with E-state index in [0.717, 1.165) is 6.42 Å². The Labute approximate surface area is 60.7 Å². The lowest BCUT2D eigenvalue weighted by Gasteiger charge is -2.06. The minimum atomic E-state index is -1.18. The second-order valence-corrected chi connectivity index (χ2v) is 2.83. The summed E-state index contributed by atoms with van der Waals surface area (Å²) < 4.78 is 0. The fourth-order valence-corrected chi connectivity index (χ4v) is 0.615. The monoisotopic (exact) mass is 146 g/mol. The highest BCUT2D eigenvalue weighted by Crippen LogP contribution is 2.06. The quantitative estimate of drug-likeness (QED) is 0.618. The van der Waals surface area contributed by atoms with E-state index in [4.69, 9.17) is 10.2 Å². The van der Waals surface area contributed by atoms with Crippen molar-refractivity contribution in [3.05, 3.63) is 0 Å². The van der Waals surface area contributed by atoms with Gasteiger partial charge in [-0.2, -0.15) is 0 Å². The average Bonchev–Trinajstić information content (AvgIpc) is 1.82. The Hall–Kier alpha value is -0.570. The zero-order valence-electron chi connectivity index (χ0n) is 6.37. The van der Waals surface area contributed by atoms with Gasteiger partial charge in [-0.25, -0.2) is 4.79 Å². The zero-order valence-corrected chi connectivity index (χ0v) is 6.37. The van der Waals surface area contributed by atoms with E-state index in [0.29, 0.717) is 12.3 Å². The largest absolute Gasteiger partial charge is 0.479 e. The first kappa shape index (κ1) is 9.43. The minimum absolute atomic E-state index is 0.354. The van der Waals surface area contributed by atoms with Gasteiger partial charge >= 0.3 is 5.97 Å². The molecule has 0 radical (unpaired) electrons. The molecule has 0 saturated heterocycles. The third kappa shape index (κ3) is 4.32. The lowest BCUT2D eigenvalue weighted by molar-refractivity contribution is -0.147. The first-order valence-electron chi connectivity index (χ1n) is 3.45. The predicted octanol–water partition coefficient (Wildman–Crippen LogP) is 0.868. The van der Waals surface area contributed by atoms with Crippen LogP contribution in [0.2, 0.25) is 0 Å². The normalized spacial score (nSPS) is 13.6. The molecule has 0 bridgehead atoms. The van der Waals surface area contributed by atoms with Gasteiger partial charge in [0.15, 0.2) is 6.10 Å². The number of rotatable bonds is 4. The van der Waals surface area contributed by atoms with Crippen LogP contribution in [0.25, 0.3) is 0 Å². The van der Waals surface area contributed by atoms with Crippen LogP contribution >= 0.6 is 0 Å². The zero-order chi connectivity index (χ0) is 8.15. The number of hydrogen-bond donors (Lipinski definition) is 2. The van der Waals surface area contributed by atoms with Crippen LogP contribution in [0.1, 0.15) is 26.7 Å². The molecular weight excluding hydrogens is 132 g/mol. The number of carboxylic acid groups (broad SMARTS) is 1. The molecule has 0 fully saturated rings. The molecule has 0 aromatic heterocycles. The molecule has 0 aliphatic carbocycles. The summed E-state index contributed by atoms with van der Waals surface area (Å²) in [7, 11) is 0. The summed E-state index contributed by atoms with van der Waals surface area (Å²) in [4.78, 5) is 10.1. The van der Waals surface area contributed by atoms with Crippen LogP contribution < -0.4 is 0 Å². The molecule has 0 heterocycles. The van der Waals surface area contributed by atoms with E-state index >= 15 is 0 Å². The maximum atomic E-state index is 10.1. The van der Waals surface area contributed by atoms with E-state index < -0.39 is 12.1 Å². The van der Waals surface area contributed by atoms with E-state index in [1.54, 1.807) is 0 Å². The Morgan fingerprint density at radius 3 is 2.20 bits per heavy atom. The lowest BCUT2D eigenvalue weighted by atomic mass is 10.1. The molecule has 0 aliphatic rings. The molecule has 3 heteroatoms. The molecule has 0 aliphatic heterocycles. The molecule has 0 aromatic carbocycles. The summed E-state index contributed by atoms with van der Waals surface area (Å²) in [5.74, 6) is -0.672. The van der Waals surface area contributed by atoms with Crippen molar-refractivity contribution in [2.75, 3.05) is 0 Å². The first-order valence-corrected chi connectivity index (χ1v) is 3.45. The van der Waals surface area contributed by atoms with Crippen molar-refractivity contribution in [2.24, 2.45) is 5.92 Å². The standard InChI is InChI=1S/C7H14O3/c1-5(2)3-4-6(8)7(9)10/h5-6,8H,3-4H2,1-2H3,(H,9,10). The van der Waals surface area contributed by atoms with Crippen molar-refractivity contribution in [2.45, 2.75) is 32.8 Å². The van der Waals surface area contributed by atoms with E-state index in [-0.39, 0.29) is 0 Å². The number of aliphatic hydroxyl groups excluding tert-OH is 1. The Kier molecular flexibility index (Phi) is 4.03. The number of aliphatic hydroxyl groups is 1. The van der Waals surface area contributed by atoms with Crippen LogP contribution in [0.4, 0.5) is 0 Å². The molecule has 2 N–H and O–H groups in total. The Balaban J connectivity index is 3.40. The highest BCUT2D eigenvalue weighted by molar-refractivity contribution is 5.71. The van der Waals surface area contributed by atoms with Gasteiger partial charge < -0.3 is 10.2 Å². The van der Waals surface area contributed by atoms with Gasteiger partial charge in [0.25, 0.3) is 0 Å². The number of aliphatic carboxylic acids is 1. The summed E-state index contributed by atoms with van der Waals surface area (Å²) in [5, 5.41) is 17.0. The molecule has 0 spiro atoms. The molecule has 60 valence electrons. The van der Waals surface area contributed by atoms with Crippen molar-refractivity contribution in [1.82, 2.24) is 0 Å². The predicted molar refractivity (Wildman–Crippen MR) is 37.7 cm³/mol. The maximum Gasteiger partial charge on any atom is 0.332 e. The van der Waals surface area contributed by atoms with Crippen LogP contribution in [0.3, 0.4) is 0 Å². The van der Waals surface area contributed by atoms with Gasteiger partial charge in [0.05, 0.1) is 0 Å². The van der Waals surface area contributed by atoms with E-state index in [2.05, 4.69) is 0 Å². The van der Waals surface area contributed by atoms with Gasteiger partial charge in [0.1, 0.15) is 0 Å². The van der Waals surface area contributed by atoms with E-state index in [1.807, 2.05) is 13.8 Å². The lowest BCUT2D eigenvalue weighted by Crippen LogP contribution is -2.19. The fraction of sp³-hybridized carbons (Fsp3) is 0.857. The second-order valence-electron chi connectivity index (χ2n) is 2.83. The Morgan fingerprint density at radius 2 is 1.90 bits per heavy atom. The van der Waals surface area contributed by atoms with Gasteiger partial charge in [-0.3, -0.25) is 0 Å².